The highest BCUT2D eigenvalue weighted by Crippen LogP contribution is 2.54. The maximum Gasteiger partial charge on any atom is 0.0747 e. The molecule has 2 unspecified atom stereocenters. The molecule has 1 heterocycles. The fourth-order valence-corrected chi connectivity index (χ4v) is 4.34. The second-order valence-electron chi connectivity index (χ2n) is 2.81. The summed E-state index contributed by atoms with van der Waals surface area (Å²) in [6, 6.07) is 0. The molecule has 0 saturated carbocycles. The van der Waals surface area contributed by atoms with Gasteiger partial charge in [-0.3, -0.25) is 0 Å². The Morgan fingerprint density at radius 3 is 2.62 bits per heavy atom. The minimum Gasteiger partial charge on any atom is -0.549 e. The zero-order chi connectivity index (χ0) is 10.1. The van der Waals surface area contributed by atoms with E-state index in [0.717, 1.165) is 4.24 Å². The molecule has 0 amide bonds. The smallest absolute Gasteiger partial charge is 0.0747 e. The molecule has 1 aliphatic rings. The van der Waals surface area contributed by atoms with Crippen LogP contribution < -0.4 is 5.11 Å². The summed E-state index contributed by atoms with van der Waals surface area (Å²) in [4.78, 5) is 10.8. The Balaban J connectivity index is 2.88. The average Bonchev–Trinajstić information content (AvgIpc) is 2.44. The number of carbonyl (C=O) groups is 1. The van der Waals surface area contributed by atoms with Crippen LogP contribution in [0.25, 0.3) is 0 Å². The summed E-state index contributed by atoms with van der Waals surface area (Å²) < 4.78 is 0.781. The number of hydrogen-bond acceptors (Lipinski definition) is 5. The Bertz CT molecular complexity index is 252. The highest BCUT2D eigenvalue weighted by atomic mass is 32.2. The molecular formula is C8H11O2S3-. The van der Waals surface area contributed by atoms with Gasteiger partial charge in [-0.1, -0.05) is 6.08 Å². The van der Waals surface area contributed by atoms with Gasteiger partial charge in [-0.25, -0.2) is 0 Å². The Hall–Kier alpha value is 0.260. The molecule has 0 fully saturated rings. The van der Waals surface area contributed by atoms with Gasteiger partial charge in [0.1, 0.15) is 0 Å². The molecule has 0 N–H and O–H groups in total. The lowest BCUT2D eigenvalue weighted by atomic mass is 10.1. The van der Waals surface area contributed by atoms with Crippen molar-refractivity contribution in [2.45, 2.75) is 11.0 Å². The fraction of sp³-hybridized carbons (Fsp3) is 0.625. The molecule has 5 heteroatoms. The van der Waals surface area contributed by atoms with Crippen molar-refractivity contribution in [1.82, 2.24) is 0 Å². The number of aliphatic carboxylic acids is 1. The molecule has 1 aliphatic heterocycles. The first-order valence-corrected chi connectivity index (χ1v) is 7.01. The first kappa shape index (κ1) is 11.3. The quantitative estimate of drug-likeness (QED) is 0.739. The van der Waals surface area contributed by atoms with Gasteiger partial charge >= 0.3 is 0 Å². The van der Waals surface area contributed by atoms with Crippen molar-refractivity contribution in [2.24, 2.45) is 5.92 Å². The normalized spacial score (nSPS) is 33.2. The van der Waals surface area contributed by atoms with Gasteiger partial charge in [-0.15, -0.1) is 35.3 Å². The van der Waals surface area contributed by atoms with Crippen molar-refractivity contribution in [3.63, 3.8) is 0 Å². The third-order valence-electron chi connectivity index (χ3n) is 2.03. The van der Waals surface area contributed by atoms with Crippen LogP contribution in [-0.2, 0) is 4.79 Å². The maximum absolute atomic E-state index is 10.8. The second kappa shape index (κ2) is 4.19. The van der Waals surface area contributed by atoms with Crippen LogP contribution in [0.5, 0.6) is 0 Å². The van der Waals surface area contributed by atoms with E-state index in [1.165, 1.54) is 0 Å². The summed E-state index contributed by atoms with van der Waals surface area (Å²) in [7, 11) is 0. The van der Waals surface area contributed by atoms with Gasteiger partial charge in [0.25, 0.3) is 0 Å². The van der Waals surface area contributed by atoms with Gasteiger partial charge in [0.2, 0.25) is 0 Å². The molecule has 0 aromatic carbocycles. The summed E-state index contributed by atoms with van der Waals surface area (Å²) in [5.41, 5.74) is 0. The van der Waals surface area contributed by atoms with Crippen LogP contribution in [0.3, 0.4) is 0 Å². The summed E-state index contributed by atoms with van der Waals surface area (Å²) in [6.45, 7) is 1.95. The summed E-state index contributed by atoms with van der Waals surface area (Å²) in [6.07, 6.45) is 5.68. The molecule has 0 aromatic heterocycles. The first-order valence-electron chi connectivity index (χ1n) is 3.74. The summed E-state index contributed by atoms with van der Waals surface area (Å²) in [5.74, 6) is -1.46. The molecule has 2 atom stereocenters. The lowest BCUT2D eigenvalue weighted by molar-refractivity contribution is -0.309. The van der Waals surface area contributed by atoms with E-state index in [1.807, 2.05) is 19.4 Å². The molecule has 0 radical (unpaired) electrons. The second-order valence-corrected chi connectivity index (χ2v) is 6.92. The van der Waals surface area contributed by atoms with Crippen LogP contribution in [0, 0.1) is 5.92 Å². The third-order valence-corrected chi connectivity index (χ3v) is 6.13. The van der Waals surface area contributed by atoms with E-state index < -0.39 is 11.9 Å². The number of carboxylic acids is 1. The van der Waals surface area contributed by atoms with Crippen LogP contribution in [-0.4, -0.2) is 22.6 Å². The van der Waals surface area contributed by atoms with Crippen LogP contribution in [0.4, 0.5) is 0 Å². The lowest BCUT2D eigenvalue weighted by Crippen LogP contribution is -2.39. The molecule has 13 heavy (non-hydrogen) atoms. The van der Waals surface area contributed by atoms with Crippen molar-refractivity contribution in [3.8, 4) is 0 Å². The molecule has 0 saturated heterocycles. The third kappa shape index (κ3) is 2.19. The molecule has 2 nitrogen and oxygen atoms in total. The van der Waals surface area contributed by atoms with Crippen molar-refractivity contribution >= 4 is 41.3 Å². The van der Waals surface area contributed by atoms with Gasteiger partial charge in [-0.05, 0) is 19.4 Å². The maximum atomic E-state index is 10.8. The first-order chi connectivity index (χ1) is 6.03. The van der Waals surface area contributed by atoms with Crippen LogP contribution in [0.1, 0.15) is 6.92 Å². The number of carboxylic acid groups (broad SMARTS) is 1. The zero-order valence-electron chi connectivity index (χ0n) is 7.70. The molecule has 74 valence electrons. The zero-order valence-corrected chi connectivity index (χ0v) is 10.1. The SMILES string of the molecule is CSC1=CC(C(=O)[O-])C(C)(SC)S1. The van der Waals surface area contributed by atoms with E-state index >= 15 is 0 Å². The monoisotopic (exact) mass is 235 g/mol. The molecule has 0 aliphatic carbocycles. The Morgan fingerprint density at radius 2 is 2.31 bits per heavy atom. The van der Waals surface area contributed by atoms with Gasteiger partial charge < -0.3 is 9.90 Å². The van der Waals surface area contributed by atoms with Crippen LogP contribution in [0.15, 0.2) is 10.3 Å². The van der Waals surface area contributed by atoms with Gasteiger partial charge in [0, 0.05) is 10.2 Å². The molecular weight excluding hydrogens is 224 g/mol. The average molecular weight is 235 g/mol. The number of hydrogen-bond donors (Lipinski definition) is 0. The van der Waals surface area contributed by atoms with Crippen molar-refractivity contribution < 1.29 is 9.90 Å². The summed E-state index contributed by atoms with van der Waals surface area (Å²) >= 11 is 4.77. The van der Waals surface area contributed by atoms with E-state index in [0.29, 0.717) is 0 Å². The number of rotatable bonds is 3. The van der Waals surface area contributed by atoms with Crippen LogP contribution >= 0.6 is 35.3 Å². The molecule has 0 spiro atoms. The van der Waals surface area contributed by atoms with E-state index in [-0.39, 0.29) is 4.08 Å². The fourth-order valence-electron chi connectivity index (χ4n) is 1.15. The lowest BCUT2D eigenvalue weighted by Gasteiger charge is -2.29. The van der Waals surface area contributed by atoms with E-state index in [2.05, 4.69) is 0 Å². The number of carbonyl (C=O) groups excluding carboxylic acids is 1. The van der Waals surface area contributed by atoms with Gasteiger partial charge in [-0.2, -0.15) is 0 Å². The Kier molecular flexibility index (Phi) is 3.65. The minimum atomic E-state index is -0.978. The van der Waals surface area contributed by atoms with E-state index in [9.17, 15) is 9.90 Å². The minimum absolute atomic E-state index is 0.294. The molecule has 1 rings (SSSR count). The highest BCUT2D eigenvalue weighted by molar-refractivity contribution is 8.28. The van der Waals surface area contributed by atoms with Crippen molar-refractivity contribution in [3.05, 3.63) is 10.3 Å². The van der Waals surface area contributed by atoms with Gasteiger partial charge in [0.15, 0.2) is 0 Å². The van der Waals surface area contributed by atoms with Crippen LogP contribution in [0.2, 0.25) is 0 Å². The molecule has 0 bridgehead atoms. The Labute approximate surface area is 90.9 Å². The van der Waals surface area contributed by atoms with Crippen molar-refractivity contribution in [2.75, 3.05) is 12.5 Å². The topological polar surface area (TPSA) is 40.1 Å². The standard InChI is InChI=1S/C8H12O2S3/c1-8(12-3)5(7(9)10)4-6(11-2)13-8/h4-5H,1-3H3,(H,9,10)/p-1. The molecule has 0 aromatic rings. The number of thioether (sulfide) groups is 3. The van der Waals surface area contributed by atoms with E-state index in [1.54, 1.807) is 41.4 Å². The predicted octanol–water partition coefficient (Wildman–Crippen LogP) is 1.38. The summed E-state index contributed by atoms with van der Waals surface area (Å²) in [5, 5.41) is 10.8. The largest absolute Gasteiger partial charge is 0.549 e. The highest BCUT2D eigenvalue weighted by Gasteiger charge is 2.39. The van der Waals surface area contributed by atoms with E-state index in [4.69, 9.17) is 0 Å². The predicted molar refractivity (Wildman–Crippen MR) is 59.6 cm³/mol. The van der Waals surface area contributed by atoms with Crippen molar-refractivity contribution in [1.29, 1.82) is 0 Å². The van der Waals surface area contributed by atoms with Gasteiger partial charge in [0.05, 0.1) is 10.0 Å². The Morgan fingerprint density at radius 1 is 1.69 bits per heavy atom.